The maximum absolute atomic E-state index is 11.8. The standard InChI is InChI=1S/C18H23N3O2/c19-14-16-4-1-3-15(13-16)5-6-18(23)20-9-2-10-21-11-7-17(22)8-12-21/h1,3-6,13,17,22H,2,7-12H2,(H,20,23). The largest absolute Gasteiger partial charge is 0.393 e. The first-order valence-corrected chi connectivity index (χ1v) is 8.04. The SMILES string of the molecule is N#Cc1cccc(C=CC(=O)NCCCN2CCC(O)CC2)c1. The fourth-order valence-corrected chi connectivity index (χ4v) is 2.60. The van der Waals surface area contributed by atoms with E-state index in [0.717, 1.165) is 44.5 Å². The molecule has 1 aliphatic rings. The average molecular weight is 313 g/mol. The third-order valence-electron chi connectivity index (χ3n) is 3.95. The molecule has 2 N–H and O–H groups in total. The summed E-state index contributed by atoms with van der Waals surface area (Å²) in [6, 6.07) is 9.21. The number of aliphatic hydroxyl groups is 1. The Morgan fingerprint density at radius 3 is 2.96 bits per heavy atom. The molecule has 0 radical (unpaired) electrons. The minimum absolute atomic E-state index is 0.124. The lowest BCUT2D eigenvalue weighted by molar-refractivity contribution is -0.116. The second kappa shape index (κ2) is 9.09. The molecule has 1 aromatic rings. The van der Waals surface area contributed by atoms with Crippen molar-refractivity contribution >= 4 is 12.0 Å². The highest BCUT2D eigenvalue weighted by atomic mass is 16.3. The molecule has 0 unspecified atom stereocenters. The van der Waals surface area contributed by atoms with Crippen molar-refractivity contribution in [3.63, 3.8) is 0 Å². The lowest BCUT2D eigenvalue weighted by atomic mass is 10.1. The zero-order valence-electron chi connectivity index (χ0n) is 13.2. The number of benzene rings is 1. The second-order valence-corrected chi connectivity index (χ2v) is 5.79. The highest BCUT2D eigenvalue weighted by Gasteiger charge is 2.15. The van der Waals surface area contributed by atoms with Gasteiger partial charge in [-0.05, 0) is 49.6 Å². The number of likely N-dealkylation sites (tertiary alicyclic amines) is 1. The molecule has 0 saturated carbocycles. The van der Waals surface area contributed by atoms with E-state index in [0.29, 0.717) is 12.1 Å². The van der Waals surface area contributed by atoms with Gasteiger partial charge in [-0.15, -0.1) is 0 Å². The van der Waals surface area contributed by atoms with Crippen molar-refractivity contribution in [3.8, 4) is 6.07 Å². The summed E-state index contributed by atoms with van der Waals surface area (Å²) in [6.07, 6.45) is 5.65. The first-order chi connectivity index (χ1) is 11.2. The molecule has 0 spiro atoms. The van der Waals surface area contributed by atoms with Gasteiger partial charge in [-0.1, -0.05) is 12.1 Å². The molecule has 1 aromatic carbocycles. The van der Waals surface area contributed by atoms with E-state index in [9.17, 15) is 9.90 Å². The van der Waals surface area contributed by atoms with Crippen LogP contribution in [0.25, 0.3) is 6.08 Å². The van der Waals surface area contributed by atoms with Gasteiger partial charge in [0.05, 0.1) is 17.7 Å². The summed E-state index contributed by atoms with van der Waals surface area (Å²) in [4.78, 5) is 14.1. The summed E-state index contributed by atoms with van der Waals surface area (Å²) in [6.45, 7) is 3.45. The van der Waals surface area contributed by atoms with Gasteiger partial charge in [0.1, 0.15) is 0 Å². The van der Waals surface area contributed by atoms with Gasteiger partial charge in [-0.2, -0.15) is 5.26 Å². The van der Waals surface area contributed by atoms with E-state index in [4.69, 9.17) is 5.26 Å². The molecule has 0 aromatic heterocycles. The van der Waals surface area contributed by atoms with Gasteiger partial charge in [0.25, 0.3) is 0 Å². The molecule has 2 rings (SSSR count). The van der Waals surface area contributed by atoms with E-state index < -0.39 is 0 Å². The quantitative estimate of drug-likeness (QED) is 0.617. The second-order valence-electron chi connectivity index (χ2n) is 5.79. The molecule has 5 nitrogen and oxygen atoms in total. The summed E-state index contributed by atoms with van der Waals surface area (Å²) in [5.41, 5.74) is 1.42. The Morgan fingerprint density at radius 2 is 2.22 bits per heavy atom. The van der Waals surface area contributed by atoms with Crippen LogP contribution in [-0.4, -0.2) is 48.2 Å². The Bertz CT molecular complexity index is 584. The van der Waals surface area contributed by atoms with E-state index in [1.807, 2.05) is 6.07 Å². The predicted molar refractivity (Wildman–Crippen MR) is 89.5 cm³/mol. The molecule has 1 fully saturated rings. The van der Waals surface area contributed by atoms with E-state index in [1.54, 1.807) is 24.3 Å². The summed E-state index contributed by atoms with van der Waals surface area (Å²) in [7, 11) is 0. The maximum atomic E-state index is 11.8. The van der Waals surface area contributed by atoms with Gasteiger partial charge in [0.15, 0.2) is 0 Å². The number of nitriles is 1. The summed E-state index contributed by atoms with van der Waals surface area (Å²) in [5.74, 6) is -0.124. The first-order valence-electron chi connectivity index (χ1n) is 8.04. The highest BCUT2D eigenvalue weighted by Crippen LogP contribution is 2.09. The fraction of sp³-hybridized carbons (Fsp3) is 0.444. The van der Waals surface area contributed by atoms with Gasteiger partial charge in [-0.25, -0.2) is 0 Å². The molecule has 0 aliphatic carbocycles. The van der Waals surface area contributed by atoms with Crippen molar-refractivity contribution < 1.29 is 9.90 Å². The summed E-state index contributed by atoms with van der Waals surface area (Å²) in [5, 5.41) is 21.1. The normalized spacial score (nSPS) is 16.3. The molecule has 122 valence electrons. The number of nitrogens with zero attached hydrogens (tertiary/aromatic N) is 2. The Labute approximate surface area is 137 Å². The van der Waals surface area contributed by atoms with Crippen LogP contribution in [0.1, 0.15) is 30.4 Å². The van der Waals surface area contributed by atoms with Gasteiger partial charge in [0.2, 0.25) is 5.91 Å². The third kappa shape index (κ3) is 6.23. The van der Waals surface area contributed by atoms with E-state index >= 15 is 0 Å². The number of carbonyl (C=O) groups is 1. The minimum atomic E-state index is -0.143. The lowest BCUT2D eigenvalue weighted by Crippen LogP contribution is -2.37. The van der Waals surface area contributed by atoms with Crippen LogP contribution in [0.5, 0.6) is 0 Å². The number of piperidine rings is 1. The Kier molecular flexibility index (Phi) is 6.79. The summed E-state index contributed by atoms with van der Waals surface area (Å²) >= 11 is 0. The highest BCUT2D eigenvalue weighted by molar-refractivity contribution is 5.91. The molecule has 1 aliphatic heterocycles. The van der Waals surface area contributed by atoms with Crippen molar-refractivity contribution in [2.45, 2.75) is 25.4 Å². The predicted octanol–water partition coefficient (Wildman–Crippen LogP) is 1.53. The van der Waals surface area contributed by atoms with Gasteiger partial charge in [0, 0.05) is 25.7 Å². The number of nitrogens with one attached hydrogen (secondary N) is 1. The number of rotatable bonds is 6. The monoisotopic (exact) mass is 313 g/mol. The van der Waals surface area contributed by atoms with E-state index in [-0.39, 0.29) is 12.0 Å². The molecule has 0 atom stereocenters. The van der Waals surface area contributed by atoms with Crippen LogP contribution < -0.4 is 5.32 Å². The molecule has 1 amide bonds. The van der Waals surface area contributed by atoms with Crippen molar-refractivity contribution in [1.29, 1.82) is 5.26 Å². The van der Waals surface area contributed by atoms with Gasteiger partial charge in [-0.3, -0.25) is 4.79 Å². The average Bonchev–Trinajstić information content (AvgIpc) is 2.58. The summed E-state index contributed by atoms with van der Waals surface area (Å²) < 4.78 is 0. The van der Waals surface area contributed by atoms with Crippen LogP contribution in [-0.2, 0) is 4.79 Å². The smallest absolute Gasteiger partial charge is 0.243 e. The topological polar surface area (TPSA) is 76.4 Å². The van der Waals surface area contributed by atoms with Crippen molar-refractivity contribution in [2.24, 2.45) is 0 Å². The minimum Gasteiger partial charge on any atom is -0.393 e. The first kappa shape index (κ1) is 17.2. The molecule has 23 heavy (non-hydrogen) atoms. The number of aliphatic hydroxyl groups excluding tert-OH is 1. The van der Waals surface area contributed by atoms with Crippen LogP contribution in [0.2, 0.25) is 0 Å². The molecule has 1 heterocycles. The Balaban J connectivity index is 1.65. The van der Waals surface area contributed by atoms with Crippen LogP contribution in [0.15, 0.2) is 30.3 Å². The van der Waals surface area contributed by atoms with Gasteiger partial charge >= 0.3 is 0 Å². The zero-order valence-corrected chi connectivity index (χ0v) is 13.2. The van der Waals surface area contributed by atoms with Crippen LogP contribution >= 0.6 is 0 Å². The molecule has 1 saturated heterocycles. The van der Waals surface area contributed by atoms with E-state index in [2.05, 4.69) is 16.3 Å². The number of hydrogen-bond acceptors (Lipinski definition) is 4. The lowest BCUT2D eigenvalue weighted by Gasteiger charge is -2.29. The number of amides is 1. The van der Waals surface area contributed by atoms with Crippen LogP contribution in [0, 0.1) is 11.3 Å². The number of carbonyl (C=O) groups excluding carboxylic acids is 1. The molecular formula is C18H23N3O2. The number of hydrogen-bond donors (Lipinski definition) is 2. The zero-order chi connectivity index (χ0) is 16.5. The third-order valence-corrected chi connectivity index (χ3v) is 3.95. The van der Waals surface area contributed by atoms with Crippen molar-refractivity contribution in [1.82, 2.24) is 10.2 Å². The fourth-order valence-electron chi connectivity index (χ4n) is 2.60. The maximum Gasteiger partial charge on any atom is 0.243 e. The molecular weight excluding hydrogens is 290 g/mol. The van der Waals surface area contributed by atoms with Crippen molar-refractivity contribution in [2.75, 3.05) is 26.2 Å². The van der Waals surface area contributed by atoms with Gasteiger partial charge < -0.3 is 15.3 Å². The van der Waals surface area contributed by atoms with E-state index in [1.165, 1.54) is 6.08 Å². The Hall–Kier alpha value is -2.16. The Morgan fingerprint density at radius 1 is 1.43 bits per heavy atom. The van der Waals surface area contributed by atoms with Crippen LogP contribution in [0.4, 0.5) is 0 Å². The van der Waals surface area contributed by atoms with Crippen LogP contribution in [0.3, 0.4) is 0 Å². The van der Waals surface area contributed by atoms with Crippen molar-refractivity contribution in [3.05, 3.63) is 41.5 Å². The molecule has 0 bridgehead atoms. The molecule has 5 heteroatoms.